The van der Waals surface area contributed by atoms with Crippen molar-refractivity contribution in [3.05, 3.63) is 113 Å². The summed E-state index contributed by atoms with van der Waals surface area (Å²) in [6, 6.07) is 28.6. The fourth-order valence-corrected chi connectivity index (χ4v) is 9.47. The van der Waals surface area contributed by atoms with Gasteiger partial charge < -0.3 is 62.1 Å². The molecule has 0 aliphatic carbocycles. The average Bonchev–Trinajstić information content (AvgIpc) is 4.11. The fraction of sp³-hybridized carbons (Fsp3) is 0.418. The summed E-state index contributed by atoms with van der Waals surface area (Å²) in [5, 5.41) is 12.6. The number of aromatic amines is 1. The Morgan fingerprint density at radius 1 is 0.805 bits per heavy atom. The number of imidazole rings is 1. The van der Waals surface area contributed by atoms with Gasteiger partial charge in [-0.15, -0.1) is 5.10 Å². The molecule has 2 amide bonds. The molecular weight excluding hydrogens is 1030 g/mol. The van der Waals surface area contributed by atoms with E-state index in [1.54, 1.807) is 17.3 Å². The molecule has 0 saturated carbocycles. The van der Waals surface area contributed by atoms with Crippen LogP contribution in [-0.4, -0.2) is 142 Å². The maximum atomic E-state index is 13.9. The number of amides is 2. The Morgan fingerprint density at radius 3 is 2.22 bits per heavy atom. The smallest absolute Gasteiger partial charge is 0.324 e. The molecule has 22 heteroatoms. The summed E-state index contributed by atoms with van der Waals surface area (Å²) in [5.41, 5.74) is 8.43. The van der Waals surface area contributed by atoms with Gasteiger partial charge in [0.15, 0.2) is 11.0 Å². The molecule has 0 fully saturated rings. The van der Waals surface area contributed by atoms with E-state index in [4.69, 9.17) is 49.0 Å². The molecule has 410 valence electrons. The minimum absolute atomic E-state index is 0.0450. The van der Waals surface area contributed by atoms with Crippen LogP contribution in [-0.2, 0) is 67.2 Å². The lowest BCUT2D eigenvalue weighted by Crippen LogP contribution is -2.33. The molecule has 7 aromatic rings. The highest BCUT2D eigenvalue weighted by molar-refractivity contribution is 8.07. The van der Waals surface area contributed by atoms with Crippen LogP contribution >= 0.6 is 6.72 Å². The molecule has 0 spiro atoms. The summed E-state index contributed by atoms with van der Waals surface area (Å²) >= 11 is 4.83. The molecule has 0 saturated heterocycles. The maximum absolute atomic E-state index is 13.9. The van der Waals surface area contributed by atoms with Crippen LogP contribution in [0.1, 0.15) is 44.1 Å². The van der Waals surface area contributed by atoms with Crippen molar-refractivity contribution < 1.29 is 51.6 Å². The highest BCUT2D eigenvalue weighted by Crippen LogP contribution is 2.43. The number of hydrogen-bond donors (Lipinski definition) is 3. The molecule has 1 unspecified atom stereocenters. The number of benzene rings is 4. The van der Waals surface area contributed by atoms with Gasteiger partial charge in [0.1, 0.15) is 17.0 Å². The number of unbranched alkanes of at least 4 members (excludes halogenated alkanes) is 3. The molecule has 77 heavy (non-hydrogen) atoms. The number of likely N-dealkylation sites (N-methyl/N-ethyl adjacent to an activating group) is 1. The van der Waals surface area contributed by atoms with Crippen LogP contribution in [0, 0.1) is 0 Å². The van der Waals surface area contributed by atoms with Gasteiger partial charge in [0.05, 0.1) is 114 Å². The number of para-hydroxylation sites is 1. The van der Waals surface area contributed by atoms with E-state index in [1.165, 1.54) is 13.2 Å². The molecular formula is C55H67N8O12PS. The van der Waals surface area contributed by atoms with E-state index in [0.717, 1.165) is 64.8 Å². The molecule has 4 aromatic carbocycles. The van der Waals surface area contributed by atoms with E-state index in [1.807, 2.05) is 90.6 Å². The van der Waals surface area contributed by atoms with Crippen LogP contribution in [0.25, 0.3) is 55.8 Å². The summed E-state index contributed by atoms with van der Waals surface area (Å²) in [6.07, 6.45) is 4.94. The molecule has 4 heterocycles. The number of nitrogens with one attached hydrogen (secondary N) is 2. The van der Waals surface area contributed by atoms with Gasteiger partial charge in [0, 0.05) is 68.5 Å². The number of anilines is 2. The largest absolute Gasteiger partial charge is 0.453 e. The summed E-state index contributed by atoms with van der Waals surface area (Å²) in [5.74, 6) is 0.144. The average molecular weight is 1100 g/mol. The van der Waals surface area contributed by atoms with Crippen molar-refractivity contribution in [3.8, 4) is 33.8 Å². The zero-order valence-corrected chi connectivity index (χ0v) is 45.3. The molecule has 20 nitrogen and oxygen atoms in total. The van der Waals surface area contributed by atoms with Crippen molar-refractivity contribution in [2.24, 2.45) is 0 Å². The molecule has 1 atom stereocenters. The third kappa shape index (κ3) is 15.9. The van der Waals surface area contributed by atoms with Crippen LogP contribution in [0.2, 0.25) is 0 Å². The van der Waals surface area contributed by atoms with Crippen LogP contribution in [0.3, 0.4) is 0 Å². The van der Waals surface area contributed by atoms with E-state index < -0.39 is 6.72 Å². The lowest BCUT2D eigenvalue weighted by Gasteiger charge is -2.28. The highest BCUT2D eigenvalue weighted by atomic mass is 32.5. The summed E-state index contributed by atoms with van der Waals surface area (Å²) in [4.78, 5) is 60.5. The van der Waals surface area contributed by atoms with Gasteiger partial charge in [0.2, 0.25) is 11.8 Å². The Bertz CT molecular complexity index is 3130. The van der Waals surface area contributed by atoms with Crippen molar-refractivity contribution in [3.63, 3.8) is 0 Å². The van der Waals surface area contributed by atoms with E-state index in [-0.39, 0.29) is 30.1 Å². The van der Waals surface area contributed by atoms with Gasteiger partial charge in [-0.05, 0) is 72.7 Å². The number of carbonyl (C=O) groups is 2. The Balaban J connectivity index is 0.672. The van der Waals surface area contributed by atoms with Gasteiger partial charge in [-0.2, -0.15) is 0 Å². The second kappa shape index (κ2) is 28.9. The lowest BCUT2D eigenvalue weighted by atomic mass is 9.95. The Hall–Kier alpha value is -6.23. The molecule has 3 aromatic heterocycles. The third-order valence-corrected chi connectivity index (χ3v) is 14.6. The quantitative estimate of drug-likeness (QED) is 0.0272. The number of ether oxygens (including phenoxy) is 5. The predicted molar refractivity (Wildman–Crippen MR) is 297 cm³/mol. The van der Waals surface area contributed by atoms with Crippen molar-refractivity contribution in [2.45, 2.75) is 51.6 Å². The molecule has 0 bridgehead atoms. The first-order valence-corrected chi connectivity index (χ1v) is 28.5. The first-order chi connectivity index (χ1) is 37.6. The normalized spacial score (nSPS) is 12.9. The van der Waals surface area contributed by atoms with Gasteiger partial charge in [-0.25, -0.2) is 9.67 Å². The SMILES string of the molecule is COP(O)(=S)OCCCCCCNC(=O)CCC(=O)N1Cc2ccccc2-c2c(nnn2CCOCCOCCOCCOCCOCCN(C)c2ccc(-c3cc(=O)c4ccc5[nH]cnc5c4o3)cc2)-c2ccccc21. The Morgan fingerprint density at radius 2 is 1.48 bits per heavy atom. The second-order valence-electron chi connectivity index (χ2n) is 18.2. The van der Waals surface area contributed by atoms with Crippen LogP contribution in [0.5, 0.6) is 0 Å². The number of carbonyl (C=O) groups excluding carboxylic acids is 2. The number of hydrogen-bond acceptors (Lipinski definition) is 16. The standard InChI is InChI=1S/C55H67N8O12PS/c1-61(42-17-15-40(16-18-42)49-37-48(64)45-19-20-46-53(55(45)75-49)58-39-57-46)24-27-69-29-31-71-33-35-73-36-34-72-32-30-70-28-25-63-54-43-12-6-5-11-41(43)38-62(47-14-8-7-13-44(47)52(54)59-60-63)51(66)22-21-50(65)56-23-9-3-4-10-26-74-76(67,77)68-2/h5-8,11-20,37,39H,3-4,9-10,21-36,38H2,1-2H3,(H,56,65)(H,57,58)(H,67,77). The van der Waals surface area contributed by atoms with Crippen LogP contribution in [0.4, 0.5) is 11.4 Å². The van der Waals surface area contributed by atoms with E-state index in [2.05, 4.69) is 30.5 Å². The van der Waals surface area contributed by atoms with Gasteiger partial charge in [0.25, 0.3) is 0 Å². The van der Waals surface area contributed by atoms with Crippen LogP contribution < -0.4 is 20.5 Å². The fourth-order valence-electron chi connectivity index (χ4n) is 8.78. The van der Waals surface area contributed by atoms with Gasteiger partial charge >= 0.3 is 6.72 Å². The number of nitrogens with zero attached hydrogens (tertiary/aromatic N) is 6. The van der Waals surface area contributed by atoms with E-state index in [9.17, 15) is 19.3 Å². The Labute approximate surface area is 452 Å². The molecule has 1 aliphatic rings. The van der Waals surface area contributed by atoms with Crippen LogP contribution in [0.15, 0.2) is 107 Å². The van der Waals surface area contributed by atoms with Crippen molar-refractivity contribution in [1.29, 1.82) is 0 Å². The topological polar surface area (TPSA) is 227 Å². The van der Waals surface area contributed by atoms with Gasteiger partial charge in [-0.1, -0.05) is 60.5 Å². The number of fused-ring (bicyclic) bond motifs is 8. The van der Waals surface area contributed by atoms with E-state index >= 15 is 0 Å². The number of H-pyrrole nitrogens is 1. The minimum atomic E-state index is -3.13. The first kappa shape index (κ1) is 57.0. The third-order valence-electron chi connectivity index (χ3n) is 12.9. The zero-order chi connectivity index (χ0) is 53.8. The molecule has 1 aliphatic heterocycles. The summed E-state index contributed by atoms with van der Waals surface area (Å²) in [7, 11) is 3.33. The zero-order valence-electron chi connectivity index (χ0n) is 43.6. The maximum Gasteiger partial charge on any atom is 0.324 e. The predicted octanol–water partition coefficient (Wildman–Crippen LogP) is 7.66. The monoisotopic (exact) mass is 1090 g/mol. The first-order valence-electron chi connectivity index (χ1n) is 25.9. The molecule has 8 rings (SSSR count). The summed E-state index contributed by atoms with van der Waals surface area (Å²) in [6.45, 7) is 3.55. The summed E-state index contributed by atoms with van der Waals surface area (Å²) < 4.78 is 46.8. The van der Waals surface area contributed by atoms with E-state index in [0.29, 0.717) is 132 Å². The lowest BCUT2D eigenvalue weighted by molar-refractivity contribution is -0.125. The van der Waals surface area contributed by atoms with Crippen molar-refractivity contribution in [1.82, 2.24) is 30.3 Å². The number of rotatable bonds is 32. The van der Waals surface area contributed by atoms with Gasteiger partial charge in [-0.3, -0.25) is 14.4 Å². The molecule has 3 N–H and O–H groups in total. The number of aromatic nitrogens is 5. The van der Waals surface area contributed by atoms with Crippen molar-refractivity contribution >= 4 is 63.7 Å². The second-order valence-corrected chi connectivity index (χ2v) is 21.1. The highest BCUT2D eigenvalue weighted by Gasteiger charge is 2.29. The Kier molecular flexibility index (Phi) is 21.4. The van der Waals surface area contributed by atoms with Crippen molar-refractivity contribution in [2.75, 3.05) is 110 Å². The molecule has 0 radical (unpaired) electrons. The minimum Gasteiger partial charge on any atom is -0.453 e.